The first-order chi connectivity index (χ1) is 15.1. The van der Waals surface area contributed by atoms with E-state index in [-0.39, 0.29) is 18.0 Å². The number of aromatic nitrogens is 1. The zero-order valence-corrected chi connectivity index (χ0v) is 18.9. The number of nitrogens with zero attached hydrogens (tertiary/aromatic N) is 1. The summed E-state index contributed by atoms with van der Waals surface area (Å²) in [5.74, 6) is 1.23. The highest BCUT2D eigenvalue weighted by Gasteiger charge is 2.25. The van der Waals surface area contributed by atoms with Gasteiger partial charge in [-0.3, -0.25) is 4.79 Å². The third-order valence-corrected chi connectivity index (χ3v) is 5.97. The number of carbonyl (C=O) groups excluding carboxylic acids is 1. The summed E-state index contributed by atoms with van der Waals surface area (Å²) in [6.07, 6.45) is 4.32. The van der Waals surface area contributed by atoms with Gasteiger partial charge in [0.05, 0.1) is 6.61 Å². The second-order valence-electron chi connectivity index (χ2n) is 8.75. The molecule has 164 valence electrons. The van der Waals surface area contributed by atoms with Crippen molar-refractivity contribution < 1.29 is 14.3 Å². The number of Topliss-reactive ketones (excluding diaryl/α,β-unsaturated/α-hetero) is 1. The van der Waals surface area contributed by atoms with Gasteiger partial charge in [0.2, 0.25) is 0 Å². The fourth-order valence-electron chi connectivity index (χ4n) is 4.56. The number of hydrogen-bond donors (Lipinski definition) is 0. The normalized spacial score (nSPS) is 16.7. The minimum absolute atomic E-state index is 0.197. The Labute approximate surface area is 185 Å². The number of benzene rings is 2. The summed E-state index contributed by atoms with van der Waals surface area (Å²) in [7, 11) is 0. The first kappa shape index (κ1) is 21.6. The molecule has 4 heteroatoms. The van der Waals surface area contributed by atoms with Crippen molar-refractivity contribution in [3.63, 3.8) is 0 Å². The van der Waals surface area contributed by atoms with Crippen molar-refractivity contribution in [3.8, 4) is 5.75 Å². The summed E-state index contributed by atoms with van der Waals surface area (Å²) < 4.78 is 14.2. The lowest BCUT2D eigenvalue weighted by Crippen LogP contribution is -2.24. The van der Waals surface area contributed by atoms with Crippen molar-refractivity contribution in [3.05, 3.63) is 65.4 Å². The first-order valence-electron chi connectivity index (χ1n) is 11.6. The molecule has 1 unspecified atom stereocenters. The molecule has 0 radical (unpaired) electrons. The largest absolute Gasteiger partial charge is 0.465 e. The molecule has 1 aromatic heterocycles. The van der Waals surface area contributed by atoms with Crippen LogP contribution in [0, 0.1) is 0 Å². The Morgan fingerprint density at radius 2 is 1.97 bits per heavy atom. The highest BCUT2D eigenvalue weighted by Crippen LogP contribution is 2.36. The van der Waals surface area contributed by atoms with Crippen LogP contribution in [0.3, 0.4) is 0 Å². The zero-order chi connectivity index (χ0) is 21.8. The number of hydrogen-bond acceptors (Lipinski definition) is 3. The maximum absolute atomic E-state index is 13.3. The smallest absolute Gasteiger partial charge is 0.199 e. The Morgan fingerprint density at radius 3 is 2.65 bits per heavy atom. The molecule has 31 heavy (non-hydrogen) atoms. The second kappa shape index (κ2) is 9.69. The Hall–Kier alpha value is -2.59. The summed E-state index contributed by atoms with van der Waals surface area (Å²) in [5.41, 5.74) is 4.29. The quantitative estimate of drug-likeness (QED) is 0.381. The van der Waals surface area contributed by atoms with Gasteiger partial charge < -0.3 is 14.0 Å². The summed E-state index contributed by atoms with van der Waals surface area (Å²) >= 11 is 0. The topological polar surface area (TPSA) is 40.5 Å². The molecule has 0 amide bonds. The number of ether oxygens (including phenoxy) is 2. The summed E-state index contributed by atoms with van der Waals surface area (Å²) in [4.78, 5) is 13.3. The highest BCUT2D eigenvalue weighted by atomic mass is 16.7. The van der Waals surface area contributed by atoms with Gasteiger partial charge in [0.15, 0.2) is 12.1 Å². The molecular weight excluding hydrogens is 386 g/mol. The van der Waals surface area contributed by atoms with Gasteiger partial charge in [-0.25, -0.2) is 0 Å². The molecule has 1 atom stereocenters. The Morgan fingerprint density at radius 1 is 1.16 bits per heavy atom. The molecule has 3 aromatic rings. The van der Waals surface area contributed by atoms with Crippen molar-refractivity contribution in [1.29, 1.82) is 0 Å². The van der Waals surface area contributed by atoms with E-state index in [0.717, 1.165) is 66.7 Å². The van der Waals surface area contributed by atoms with Gasteiger partial charge in [0, 0.05) is 41.5 Å². The molecule has 0 saturated carbocycles. The van der Waals surface area contributed by atoms with E-state index < -0.39 is 0 Å². The lowest BCUT2D eigenvalue weighted by Gasteiger charge is -2.23. The molecule has 0 bridgehead atoms. The van der Waals surface area contributed by atoms with Gasteiger partial charge in [-0.15, -0.1) is 0 Å². The van der Waals surface area contributed by atoms with Gasteiger partial charge >= 0.3 is 0 Å². The molecule has 1 fully saturated rings. The van der Waals surface area contributed by atoms with Gasteiger partial charge in [0.1, 0.15) is 5.75 Å². The van der Waals surface area contributed by atoms with Gasteiger partial charge in [-0.05, 0) is 48.9 Å². The van der Waals surface area contributed by atoms with E-state index in [9.17, 15) is 4.79 Å². The van der Waals surface area contributed by atoms with Gasteiger partial charge in [-0.1, -0.05) is 51.1 Å². The molecule has 1 aliphatic rings. The molecule has 2 heterocycles. The highest BCUT2D eigenvalue weighted by molar-refractivity contribution is 6.10. The van der Waals surface area contributed by atoms with E-state index in [1.165, 1.54) is 5.56 Å². The van der Waals surface area contributed by atoms with Gasteiger partial charge in [-0.2, -0.15) is 0 Å². The molecular formula is C27H33NO3. The fourth-order valence-corrected chi connectivity index (χ4v) is 4.56. The number of ketones is 1. The third-order valence-electron chi connectivity index (χ3n) is 5.97. The van der Waals surface area contributed by atoms with Crippen LogP contribution in [-0.2, 0) is 11.3 Å². The van der Waals surface area contributed by atoms with E-state index in [1.807, 2.05) is 18.2 Å². The van der Waals surface area contributed by atoms with E-state index in [4.69, 9.17) is 9.47 Å². The lowest BCUT2D eigenvalue weighted by molar-refractivity contribution is -0.105. The van der Waals surface area contributed by atoms with Crippen LogP contribution in [0.4, 0.5) is 0 Å². The average molecular weight is 420 g/mol. The number of fused-ring (bicyclic) bond motifs is 1. The molecule has 4 rings (SSSR count). The van der Waals surface area contributed by atoms with Crippen LogP contribution < -0.4 is 4.74 Å². The van der Waals surface area contributed by atoms with E-state index in [2.05, 4.69) is 55.7 Å². The predicted molar refractivity (Wildman–Crippen MR) is 125 cm³/mol. The maximum Gasteiger partial charge on any atom is 0.199 e. The van der Waals surface area contributed by atoms with Crippen LogP contribution in [0.2, 0.25) is 0 Å². The molecule has 0 spiro atoms. The summed E-state index contributed by atoms with van der Waals surface area (Å²) in [6, 6.07) is 16.6. The molecule has 0 N–H and O–H groups in total. The molecule has 1 aliphatic heterocycles. The molecule has 4 nitrogen and oxygen atoms in total. The van der Waals surface area contributed by atoms with Crippen molar-refractivity contribution in [1.82, 2.24) is 4.57 Å². The Balaban J connectivity index is 1.82. The maximum atomic E-state index is 13.3. The van der Waals surface area contributed by atoms with Gasteiger partial charge in [0.25, 0.3) is 0 Å². The predicted octanol–water partition coefficient (Wildman–Crippen LogP) is 6.70. The average Bonchev–Trinajstić information content (AvgIpc) is 3.09. The van der Waals surface area contributed by atoms with Crippen molar-refractivity contribution in [2.75, 3.05) is 6.61 Å². The lowest BCUT2D eigenvalue weighted by atomic mass is 9.97. The van der Waals surface area contributed by atoms with E-state index in [0.29, 0.717) is 6.42 Å². The first-order valence-corrected chi connectivity index (χ1v) is 11.6. The molecule has 2 aromatic carbocycles. The minimum Gasteiger partial charge on any atom is -0.465 e. The Bertz CT molecular complexity index is 1030. The van der Waals surface area contributed by atoms with Crippen molar-refractivity contribution in [2.24, 2.45) is 0 Å². The van der Waals surface area contributed by atoms with Crippen LogP contribution in [-0.4, -0.2) is 23.2 Å². The van der Waals surface area contributed by atoms with Crippen LogP contribution in [0.15, 0.2) is 48.5 Å². The van der Waals surface area contributed by atoms with E-state index in [1.54, 1.807) is 0 Å². The molecule has 1 saturated heterocycles. The second-order valence-corrected chi connectivity index (χ2v) is 8.75. The fraction of sp³-hybridized carbons (Fsp3) is 0.444. The van der Waals surface area contributed by atoms with Crippen molar-refractivity contribution in [2.45, 2.75) is 71.6 Å². The Kier molecular flexibility index (Phi) is 6.77. The monoisotopic (exact) mass is 419 g/mol. The van der Waals surface area contributed by atoms with Crippen molar-refractivity contribution >= 4 is 16.7 Å². The van der Waals surface area contributed by atoms with Crippen LogP contribution >= 0.6 is 0 Å². The van der Waals surface area contributed by atoms with Crippen LogP contribution in [0.1, 0.15) is 80.4 Å². The van der Waals surface area contributed by atoms with Crippen LogP contribution in [0.5, 0.6) is 5.75 Å². The molecule has 0 aliphatic carbocycles. The van der Waals surface area contributed by atoms with Crippen LogP contribution in [0.25, 0.3) is 10.9 Å². The summed E-state index contributed by atoms with van der Waals surface area (Å²) in [6.45, 7) is 7.90. The third kappa shape index (κ3) is 4.69. The van der Waals surface area contributed by atoms with E-state index >= 15 is 0 Å². The SMILES string of the molecule is CCCC(=O)c1c(C(C)C)n(Cc2ccccc2)c2ccc(OC3CCCCO3)cc12. The number of carbonyl (C=O) groups is 1. The zero-order valence-electron chi connectivity index (χ0n) is 18.9. The number of rotatable bonds is 8. The minimum atomic E-state index is -0.197. The summed E-state index contributed by atoms with van der Waals surface area (Å²) in [5, 5.41) is 0.992. The standard InChI is InChI=1S/C27H33NO3/c1-4-10-24(29)26-22-17-21(31-25-13-8-9-16-30-25)14-15-23(22)28(27(26)19(2)3)18-20-11-6-5-7-12-20/h5-7,11-12,14-15,17,19,25H,4,8-10,13,16,18H2,1-3H3.